The monoisotopic (exact) mass is 560 g/mol. The molecule has 0 N–H and O–H groups in total. The summed E-state index contributed by atoms with van der Waals surface area (Å²) in [5.74, 6) is -0.382. The minimum absolute atomic E-state index is 0.128. The standard InChI is InChI=1S/C33H36O8/c1-20(2)30(34)38-15-7-9-23-17-25(10-8-16-39-31(35)21(3)4)29-26(18-23)19-28(33(37)41-29)24-11-13-27(14-12-24)40-32(36)22(5)6/h11-14,17,19,23H,1,3,5,7-10,15-16,18H2,2,4,6H3. The predicted octanol–water partition coefficient (Wildman–Crippen LogP) is 6.14. The Morgan fingerprint density at radius 2 is 1.46 bits per heavy atom. The van der Waals surface area contributed by atoms with Crippen LogP contribution in [0.15, 0.2) is 82.1 Å². The highest BCUT2D eigenvalue weighted by Crippen LogP contribution is 2.35. The van der Waals surface area contributed by atoms with Gasteiger partial charge in [0.2, 0.25) is 0 Å². The molecule has 3 rings (SSSR count). The molecular formula is C33H36O8. The first kappa shape index (κ1) is 31.1. The van der Waals surface area contributed by atoms with Crippen molar-refractivity contribution < 1.29 is 33.0 Å². The average Bonchev–Trinajstić information content (AvgIpc) is 2.93. The number of fused-ring (bicyclic) bond motifs is 1. The van der Waals surface area contributed by atoms with E-state index in [0.29, 0.717) is 59.5 Å². The van der Waals surface area contributed by atoms with E-state index in [-0.39, 0.29) is 24.7 Å². The number of ether oxygens (including phenoxy) is 3. The lowest BCUT2D eigenvalue weighted by atomic mass is 9.84. The SMILES string of the molecule is C=C(C)C(=O)OCCCC1=CC(CCCOC(=O)C(=C)C)Cc2cc(-c3ccc(OC(=O)C(=C)C)cc3)c(=O)oc21. The molecular weight excluding hydrogens is 524 g/mol. The minimum Gasteiger partial charge on any atom is -0.462 e. The third-order valence-electron chi connectivity index (χ3n) is 6.43. The van der Waals surface area contributed by atoms with Crippen molar-refractivity contribution in [3.8, 4) is 16.9 Å². The molecule has 0 spiro atoms. The highest BCUT2D eigenvalue weighted by molar-refractivity contribution is 5.89. The van der Waals surface area contributed by atoms with Gasteiger partial charge in [-0.1, -0.05) is 37.9 Å². The minimum atomic E-state index is -0.528. The van der Waals surface area contributed by atoms with E-state index in [1.54, 1.807) is 45.0 Å². The molecule has 1 aliphatic rings. The van der Waals surface area contributed by atoms with E-state index in [1.165, 1.54) is 0 Å². The van der Waals surface area contributed by atoms with Gasteiger partial charge in [0.25, 0.3) is 0 Å². The van der Waals surface area contributed by atoms with E-state index < -0.39 is 23.5 Å². The Balaban J connectivity index is 1.81. The summed E-state index contributed by atoms with van der Waals surface area (Å²) in [6.07, 6.45) is 5.24. The maximum absolute atomic E-state index is 13.1. The molecule has 0 bridgehead atoms. The van der Waals surface area contributed by atoms with Crippen molar-refractivity contribution in [2.75, 3.05) is 13.2 Å². The topological polar surface area (TPSA) is 109 Å². The maximum atomic E-state index is 13.1. The Hall–Kier alpha value is -4.46. The average molecular weight is 561 g/mol. The zero-order valence-electron chi connectivity index (χ0n) is 23.9. The van der Waals surface area contributed by atoms with Gasteiger partial charge in [-0.2, -0.15) is 0 Å². The molecule has 1 atom stereocenters. The second-order valence-electron chi connectivity index (χ2n) is 10.2. The molecule has 8 nitrogen and oxygen atoms in total. The lowest BCUT2D eigenvalue weighted by Crippen LogP contribution is -2.16. The Morgan fingerprint density at radius 3 is 2.05 bits per heavy atom. The van der Waals surface area contributed by atoms with Gasteiger partial charge in [0.05, 0.1) is 18.8 Å². The summed E-state index contributed by atoms with van der Waals surface area (Å²) in [5, 5.41) is 0. The highest BCUT2D eigenvalue weighted by atomic mass is 16.5. The molecule has 216 valence electrons. The first-order chi connectivity index (χ1) is 19.5. The van der Waals surface area contributed by atoms with Crippen molar-refractivity contribution >= 4 is 23.5 Å². The van der Waals surface area contributed by atoms with E-state index in [9.17, 15) is 19.2 Å². The third kappa shape index (κ3) is 8.76. The zero-order valence-corrected chi connectivity index (χ0v) is 23.9. The van der Waals surface area contributed by atoms with E-state index in [0.717, 1.165) is 17.6 Å². The molecule has 1 heterocycles. The number of allylic oxidation sites excluding steroid dienone is 2. The quantitative estimate of drug-likeness (QED) is 0.124. The Labute approximate surface area is 240 Å². The van der Waals surface area contributed by atoms with Crippen LogP contribution in [-0.2, 0) is 30.3 Å². The summed E-state index contributed by atoms with van der Waals surface area (Å²) >= 11 is 0. The second-order valence-corrected chi connectivity index (χ2v) is 10.2. The summed E-state index contributed by atoms with van der Waals surface area (Å²) in [7, 11) is 0. The molecule has 1 aliphatic carbocycles. The van der Waals surface area contributed by atoms with Crippen LogP contribution in [0.25, 0.3) is 16.7 Å². The number of hydrogen-bond acceptors (Lipinski definition) is 8. The fourth-order valence-corrected chi connectivity index (χ4v) is 4.30. The van der Waals surface area contributed by atoms with Gasteiger partial charge in [-0.3, -0.25) is 0 Å². The highest BCUT2D eigenvalue weighted by Gasteiger charge is 2.24. The van der Waals surface area contributed by atoms with Crippen LogP contribution in [-0.4, -0.2) is 31.1 Å². The van der Waals surface area contributed by atoms with Gasteiger partial charge in [0.15, 0.2) is 0 Å². The summed E-state index contributed by atoms with van der Waals surface area (Å²) < 4.78 is 21.6. The summed E-state index contributed by atoms with van der Waals surface area (Å²) in [6.45, 7) is 16.0. The van der Waals surface area contributed by atoms with Crippen molar-refractivity contribution in [1.82, 2.24) is 0 Å². The van der Waals surface area contributed by atoms with E-state index in [4.69, 9.17) is 18.6 Å². The maximum Gasteiger partial charge on any atom is 0.344 e. The van der Waals surface area contributed by atoms with Crippen LogP contribution in [0.4, 0.5) is 0 Å². The van der Waals surface area contributed by atoms with Gasteiger partial charge in [-0.15, -0.1) is 0 Å². The molecule has 41 heavy (non-hydrogen) atoms. The molecule has 0 saturated carbocycles. The van der Waals surface area contributed by atoms with Gasteiger partial charge in [0, 0.05) is 16.7 Å². The van der Waals surface area contributed by atoms with Crippen molar-refractivity contribution in [3.63, 3.8) is 0 Å². The Morgan fingerprint density at radius 1 is 0.878 bits per heavy atom. The molecule has 0 fully saturated rings. The van der Waals surface area contributed by atoms with Gasteiger partial charge in [-0.05, 0) is 93.7 Å². The Kier molecular flexibility index (Phi) is 10.8. The fourth-order valence-electron chi connectivity index (χ4n) is 4.30. The van der Waals surface area contributed by atoms with Gasteiger partial charge in [-0.25, -0.2) is 19.2 Å². The van der Waals surface area contributed by atoms with Crippen molar-refractivity contribution in [3.05, 3.63) is 94.6 Å². The number of esters is 3. The molecule has 0 aliphatic heterocycles. The summed E-state index contributed by atoms with van der Waals surface area (Å²) in [4.78, 5) is 48.3. The van der Waals surface area contributed by atoms with Crippen LogP contribution < -0.4 is 10.4 Å². The lowest BCUT2D eigenvalue weighted by Gasteiger charge is -2.23. The molecule has 1 unspecified atom stereocenters. The van der Waals surface area contributed by atoms with E-state index in [2.05, 4.69) is 25.8 Å². The molecule has 0 amide bonds. The van der Waals surface area contributed by atoms with E-state index in [1.807, 2.05) is 6.07 Å². The van der Waals surface area contributed by atoms with Crippen LogP contribution in [0.1, 0.15) is 57.8 Å². The van der Waals surface area contributed by atoms with E-state index >= 15 is 0 Å². The number of benzene rings is 1. The van der Waals surface area contributed by atoms with Gasteiger partial charge < -0.3 is 18.6 Å². The normalized spacial score (nSPS) is 13.8. The molecule has 1 aromatic carbocycles. The van der Waals surface area contributed by atoms with Crippen molar-refractivity contribution in [1.29, 1.82) is 0 Å². The van der Waals surface area contributed by atoms with Gasteiger partial charge >= 0.3 is 23.5 Å². The summed E-state index contributed by atoms with van der Waals surface area (Å²) in [5.41, 5.74) is 3.27. The van der Waals surface area contributed by atoms with Crippen molar-refractivity contribution in [2.45, 2.75) is 52.9 Å². The molecule has 0 saturated heterocycles. The smallest absolute Gasteiger partial charge is 0.344 e. The van der Waals surface area contributed by atoms with Crippen LogP contribution in [0.5, 0.6) is 5.75 Å². The summed E-state index contributed by atoms with van der Waals surface area (Å²) in [6, 6.07) is 8.47. The number of rotatable bonds is 13. The fraction of sp³-hybridized carbons (Fsp3) is 0.333. The lowest BCUT2D eigenvalue weighted by molar-refractivity contribution is -0.139. The van der Waals surface area contributed by atoms with Crippen LogP contribution in [0.3, 0.4) is 0 Å². The molecule has 1 aromatic heterocycles. The number of carbonyl (C=O) groups is 3. The number of hydrogen-bond donors (Lipinski definition) is 0. The van der Waals surface area contributed by atoms with Gasteiger partial charge in [0.1, 0.15) is 11.5 Å². The molecule has 8 heteroatoms. The third-order valence-corrected chi connectivity index (χ3v) is 6.43. The predicted molar refractivity (Wildman–Crippen MR) is 156 cm³/mol. The van der Waals surface area contributed by atoms with Crippen LogP contribution in [0, 0.1) is 5.92 Å². The molecule has 0 radical (unpaired) electrons. The largest absolute Gasteiger partial charge is 0.462 e. The Bertz CT molecular complexity index is 1440. The second kappa shape index (κ2) is 14.3. The first-order valence-corrected chi connectivity index (χ1v) is 13.5. The number of carbonyl (C=O) groups excluding carboxylic acids is 3. The van der Waals surface area contributed by atoms with Crippen molar-refractivity contribution in [2.24, 2.45) is 5.92 Å². The zero-order chi connectivity index (χ0) is 30.1. The van der Waals surface area contributed by atoms with Crippen LogP contribution in [0.2, 0.25) is 0 Å². The first-order valence-electron chi connectivity index (χ1n) is 13.5. The molecule has 2 aromatic rings. The van der Waals surface area contributed by atoms with Crippen LogP contribution >= 0.6 is 0 Å².